The van der Waals surface area contributed by atoms with E-state index in [9.17, 15) is 9.59 Å². The summed E-state index contributed by atoms with van der Waals surface area (Å²) >= 11 is 0. The van der Waals surface area contributed by atoms with Gasteiger partial charge < -0.3 is 10.2 Å². The minimum absolute atomic E-state index is 0.0318. The maximum atomic E-state index is 12.6. The topological polar surface area (TPSA) is 62.3 Å². The molecule has 1 aliphatic carbocycles. The quantitative estimate of drug-likeness (QED) is 0.880. The van der Waals surface area contributed by atoms with Crippen LogP contribution in [0.1, 0.15) is 24.8 Å². The molecular formula is C15H19N3O2. The summed E-state index contributed by atoms with van der Waals surface area (Å²) in [4.78, 5) is 30.2. The zero-order chi connectivity index (χ0) is 13.9. The summed E-state index contributed by atoms with van der Waals surface area (Å²) in [6.45, 7) is 1.36. The highest BCUT2D eigenvalue weighted by Gasteiger charge is 2.33. The molecule has 5 heteroatoms. The summed E-state index contributed by atoms with van der Waals surface area (Å²) in [5.41, 5.74) is 1.02. The van der Waals surface area contributed by atoms with Crippen LogP contribution in [0, 0.1) is 5.92 Å². The summed E-state index contributed by atoms with van der Waals surface area (Å²) in [6.07, 6.45) is 6.78. The van der Waals surface area contributed by atoms with E-state index in [1.165, 1.54) is 12.8 Å². The Bertz CT molecular complexity index is 499. The number of aromatic nitrogens is 1. The van der Waals surface area contributed by atoms with Gasteiger partial charge in [0, 0.05) is 38.3 Å². The van der Waals surface area contributed by atoms with Gasteiger partial charge in [0.2, 0.25) is 11.8 Å². The molecule has 2 heterocycles. The predicted octanol–water partition coefficient (Wildman–Crippen LogP) is 0.751. The molecule has 20 heavy (non-hydrogen) atoms. The van der Waals surface area contributed by atoms with Crippen LogP contribution in [0.4, 0.5) is 0 Å². The van der Waals surface area contributed by atoms with E-state index < -0.39 is 6.04 Å². The second kappa shape index (κ2) is 5.61. The molecule has 0 bridgehead atoms. The number of rotatable bonds is 4. The molecule has 3 rings (SSSR count). The third kappa shape index (κ3) is 3.15. The van der Waals surface area contributed by atoms with Crippen LogP contribution >= 0.6 is 0 Å². The van der Waals surface area contributed by atoms with Gasteiger partial charge in [-0.3, -0.25) is 14.6 Å². The lowest BCUT2D eigenvalue weighted by atomic mass is 10.1. The van der Waals surface area contributed by atoms with E-state index in [0.29, 0.717) is 25.3 Å². The summed E-state index contributed by atoms with van der Waals surface area (Å²) in [7, 11) is 0. The molecule has 1 saturated heterocycles. The molecule has 1 N–H and O–H groups in total. The van der Waals surface area contributed by atoms with Crippen molar-refractivity contribution < 1.29 is 9.59 Å². The van der Waals surface area contributed by atoms with Gasteiger partial charge in [-0.2, -0.15) is 0 Å². The second-order valence-electron chi connectivity index (χ2n) is 5.66. The monoisotopic (exact) mass is 273 g/mol. The molecule has 1 aliphatic heterocycles. The Morgan fingerprint density at radius 1 is 1.25 bits per heavy atom. The molecule has 1 aromatic heterocycles. The number of hydrogen-bond donors (Lipinski definition) is 1. The predicted molar refractivity (Wildman–Crippen MR) is 73.8 cm³/mol. The molecule has 106 valence electrons. The molecule has 1 aromatic rings. The lowest BCUT2D eigenvalue weighted by Gasteiger charge is -2.24. The van der Waals surface area contributed by atoms with Crippen molar-refractivity contribution >= 4 is 11.8 Å². The maximum Gasteiger partial charge on any atom is 0.245 e. The number of carbonyl (C=O) groups excluding carboxylic acids is 2. The van der Waals surface area contributed by atoms with Crippen molar-refractivity contribution in [2.45, 2.75) is 31.7 Å². The first-order valence-electron chi connectivity index (χ1n) is 7.19. The van der Waals surface area contributed by atoms with Crippen LogP contribution in [-0.2, 0) is 16.0 Å². The average molecular weight is 273 g/mol. The van der Waals surface area contributed by atoms with Crippen molar-refractivity contribution in [1.82, 2.24) is 15.2 Å². The van der Waals surface area contributed by atoms with Crippen LogP contribution in [0.2, 0.25) is 0 Å². The van der Waals surface area contributed by atoms with Crippen LogP contribution in [0.5, 0.6) is 0 Å². The molecule has 1 saturated carbocycles. The molecule has 0 radical (unpaired) electrons. The lowest BCUT2D eigenvalue weighted by molar-refractivity contribution is -0.133. The molecule has 0 spiro atoms. The minimum Gasteiger partial charge on any atom is -0.344 e. The first-order chi connectivity index (χ1) is 9.72. The molecule has 0 aromatic carbocycles. The molecule has 1 atom stereocenters. The maximum absolute atomic E-state index is 12.6. The Morgan fingerprint density at radius 3 is 2.70 bits per heavy atom. The van der Waals surface area contributed by atoms with Crippen LogP contribution in [0.15, 0.2) is 24.5 Å². The van der Waals surface area contributed by atoms with E-state index in [4.69, 9.17) is 0 Å². The van der Waals surface area contributed by atoms with E-state index in [-0.39, 0.29) is 11.8 Å². The third-order valence-electron chi connectivity index (χ3n) is 3.92. The Labute approximate surface area is 118 Å². The van der Waals surface area contributed by atoms with Gasteiger partial charge in [0.15, 0.2) is 0 Å². The van der Waals surface area contributed by atoms with Crippen LogP contribution in [0.3, 0.4) is 0 Å². The van der Waals surface area contributed by atoms with Crippen molar-refractivity contribution in [3.05, 3.63) is 30.1 Å². The van der Waals surface area contributed by atoms with Crippen LogP contribution < -0.4 is 5.32 Å². The number of nitrogens with zero attached hydrogens (tertiary/aromatic N) is 2. The molecule has 2 amide bonds. The smallest absolute Gasteiger partial charge is 0.245 e. The van der Waals surface area contributed by atoms with Crippen LogP contribution in [0.25, 0.3) is 0 Å². The average Bonchev–Trinajstić information content (AvgIpc) is 3.27. The van der Waals surface area contributed by atoms with Gasteiger partial charge in [0.25, 0.3) is 0 Å². The fraction of sp³-hybridized carbons (Fsp3) is 0.533. The zero-order valence-corrected chi connectivity index (χ0v) is 11.4. The van der Waals surface area contributed by atoms with Gasteiger partial charge in [0.1, 0.15) is 6.04 Å². The van der Waals surface area contributed by atoms with Gasteiger partial charge in [-0.15, -0.1) is 0 Å². The second-order valence-corrected chi connectivity index (χ2v) is 5.66. The molecule has 2 fully saturated rings. The molecular weight excluding hydrogens is 254 g/mol. The van der Waals surface area contributed by atoms with Crippen molar-refractivity contribution in [2.75, 3.05) is 13.1 Å². The third-order valence-corrected chi connectivity index (χ3v) is 3.92. The van der Waals surface area contributed by atoms with Crippen LogP contribution in [-0.4, -0.2) is 40.8 Å². The van der Waals surface area contributed by atoms with Crippen molar-refractivity contribution in [1.29, 1.82) is 0 Å². The fourth-order valence-corrected chi connectivity index (χ4v) is 2.58. The summed E-state index contributed by atoms with van der Waals surface area (Å²) in [5.74, 6) is 0.670. The van der Waals surface area contributed by atoms with Crippen molar-refractivity contribution in [3.8, 4) is 0 Å². The summed E-state index contributed by atoms with van der Waals surface area (Å²) < 4.78 is 0. The molecule has 0 unspecified atom stereocenters. The molecule has 2 aliphatic rings. The van der Waals surface area contributed by atoms with E-state index in [1.54, 1.807) is 12.4 Å². The van der Waals surface area contributed by atoms with E-state index in [0.717, 1.165) is 12.1 Å². The number of pyridine rings is 1. The fourth-order valence-electron chi connectivity index (χ4n) is 2.58. The Balaban J connectivity index is 1.72. The molecule has 5 nitrogen and oxygen atoms in total. The van der Waals surface area contributed by atoms with E-state index >= 15 is 0 Å². The minimum atomic E-state index is -0.439. The highest BCUT2D eigenvalue weighted by Crippen LogP contribution is 2.30. The van der Waals surface area contributed by atoms with E-state index in [2.05, 4.69) is 10.3 Å². The zero-order valence-electron chi connectivity index (χ0n) is 11.4. The number of nitrogens with one attached hydrogen (secondary N) is 1. The normalized spacial score (nSPS) is 23.4. The van der Waals surface area contributed by atoms with Gasteiger partial charge in [-0.25, -0.2) is 0 Å². The SMILES string of the molecule is O=C1CCN(CC2CC2)C(=O)[C@H](Cc2ccncc2)N1. The van der Waals surface area contributed by atoms with Crippen molar-refractivity contribution in [2.24, 2.45) is 5.92 Å². The van der Waals surface area contributed by atoms with E-state index in [1.807, 2.05) is 17.0 Å². The lowest BCUT2D eigenvalue weighted by Crippen LogP contribution is -2.46. The number of carbonyl (C=O) groups is 2. The summed E-state index contributed by atoms with van der Waals surface area (Å²) in [6, 6.07) is 3.33. The number of hydrogen-bond acceptors (Lipinski definition) is 3. The summed E-state index contributed by atoms with van der Waals surface area (Å²) in [5, 5.41) is 2.85. The Hall–Kier alpha value is -1.91. The number of amides is 2. The highest BCUT2D eigenvalue weighted by atomic mass is 16.2. The Kier molecular flexibility index (Phi) is 3.67. The van der Waals surface area contributed by atoms with Gasteiger partial charge in [-0.05, 0) is 36.5 Å². The van der Waals surface area contributed by atoms with Gasteiger partial charge >= 0.3 is 0 Å². The first kappa shape index (κ1) is 13.1. The van der Waals surface area contributed by atoms with Gasteiger partial charge in [-0.1, -0.05) is 0 Å². The largest absolute Gasteiger partial charge is 0.344 e. The van der Waals surface area contributed by atoms with Gasteiger partial charge in [0.05, 0.1) is 0 Å². The Morgan fingerprint density at radius 2 is 2.00 bits per heavy atom. The standard InChI is InChI=1S/C15H19N3O2/c19-14-5-8-18(10-12-1-2-12)15(20)13(17-14)9-11-3-6-16-7-4-11/h3-4,6-7,12-13H,1-2,5,8-10H2,(H,17,19)/t13-/m0/s1. The first-order valence-corrected chi connectivity index (χ1v) is 7.19. The highest BCUT2D eigenvalue weighted by molar-refractivity contribution is 5.90. The van der Waals surface area contributed by atoms with Crippen molar-refractivity contribution in [3.63, 3.8) is 0 Å².